The molecule has 0 amide bonds. The summed E-state index contributed by atoms with van der Waals surface area (Å²) in [6, 6.07) is 8.54. The molecule has 130 valence electrons. The number of nitrogens with one attached hydrogen (secondary N) is 1. The number of fused-ring (bicyclic) bond motifs is 1. The normalized spacial score (nSPS) is 22.0. The monoisotopic (exact) mass is 330 g/mol. The second-order valence-electron chi connectivity index (χ2n) is 6.92. The molecule has 0 fully saturated rings. The van der Waals surface area contributed by atoms with Crippen LogP contribution in [0.1, 0.15) is 51.3 Å². The highest BCUT2D eigenvalue weighted by Gasteiger charge is 2.26. The van der Waals surface area contributed by atoms with Gasteiger partial charge in [0, 0.05) is 0 Å². The first kappa shape index (κ1) is 18.2. The summed E-state index contributed by atoms with van der Waals surface area (Å²) in [5.74, 6) is 0.907. The van der Waals surface area contributed by atoms with Crippen molar-refractivity contribution in [2.75, 3.05) is 0 Å². The van der Waals surface area contributed by atoms with E-state index >= 15 is 0 Å². The Morgan fingerprint density at radius 1 is 1.33 bits per heavy atom. The Labute approximate surface area is 143 Å². The van der Waals surface area contributed by atoms with Crippen LogP contribution in [0.3, 0.4) is 0 Å². The smallest absolute Gasteiger partial charge is 0.221 e. The minimum absolute atomic E-state index is 0.00692. The molecule has 2 atom stereocenters. The number of nitrogens with two attached hydrogens (primary N) is 1. The highest BCUT2D eigenvalue weighted by atomic mass is 19.1. The Balaban J connectivity index is 2.14. The van der Waals surface area contributed by atoms with Gasteiger partial charge in [0.1, 0.15) is 11.5 Å². The molecule has 4 nitrogen and oxygen atoms in total. The average molecular weight is 330 g/mol. The number of halogens is 1. The number of aliphatic imine (C=N–C) groups is 2. The van der Waals surface area contributed by atoms with Gasteiger partial charge in [-0.05, 0) is 50.7 Å². The first-order valence-corrected chi connectivity index (χ1v) is 8.30. The van der Waals surface area contributed by atoms with Gasteiger partial charge < -0.3 is 11.1 Å². The van der Waals surface area contributed by atoms with Gasteiger partial charge in [-0.1, -0.05) is 37.8 Å². The van der Waals surface area contributed by atoms with E-state index in [4.69, 9.17) is 5.73 Å². The summed E-state index contributed by atoms with van der Waals surface area (Å²) in [7, 11) is 0. The molecule has 2 rings (SSSR count). The molecule has 2 unspecified atom stereocenters. The second kappa shape index (κ2) is 7.16. The summed E-state index contributed by atoms with van der Waals surface area (Å²) in [5, 5.41) is 3.34. The van der Waals surface area contributed by atoms with Gasteiger partial charge in [-0.2, -0.15) is 4.99 Å². The van der Waals surface area contributed by atoms with Gasteiger partial charge in [-0.25, -0.2) is 9.38 Å². The first-order valence-electron chi connectivity index (χ1n) is 8.30. The molecule has 0 bridgehead atoms. The van der Waals surface area contributed by atoms with E-state index < -0.39 is 5.67 Å². The van der Waals surface area contributed by atoms with Crippen molar-refractivity contribution in [1.82, 2.24) is 5.32 Å². The number of alkyl halides is 1. The summed E-state index contributed by atoms with van der Waals surface area (Å²) < 4.78 is 13.8. The molecular formula is C19H27FN4. The molecule has 0 aliphatic heterocycles. The van der Waals surface area contributed by atoms with Crippen LogP contribution in [0.5, 0.6) is 0 Å². The van der Waals surface area contributed by atoms with Crippen molar-refractivity contribution in [1.29, 1.82) is 0 Å². The number of rotatable bonds is 4. The van der Waals surface area contributed by atoms with Crippen LogP contribution in [0.2, 0.25) is 0 Å². The van der Waals surface area contributed by atoms with Crippen molar-refractivity contribution in [2.45, 2.75) is 52.2 Å². The van der Waals surface area contributed by atoms with E-state index in [1.54, 1.807) is 6.92 Å². The summed E-state index contributed by atoms with van der Waals surface area (Å²) >= 11 is 0. The van der Waals surface area contributed by atoms with Gasteiger partial charge >= 0.3 is 0 Å². The maximum Gasteiger partial charge on any atom is 0.221 e. The fraction of sp³-hybridized carbons (Fsp3) is 0.474. The van der Waals surface area contributed by atoms with Crippen molar-refractivity contribution >= 4 is 11.7 Å². The van der Waals surface area contributed by atoms with E-state index in [2.05, 4.69) is 47.0 Å². The number of hydrogen-bond donors (Lipinski definition) is 2. The molecule has 5 heteroatoms. The van der Waals surface area contributed by atoms with E-state index in [-0.39, 0.29) is 17.7 Å². The highest BCUT2D eigenvalue weighted by Crippen LogP contribution is 2.34. The lowest BCUT2D eigenvalue weighted by Gasteiger charge is -2.32. The van der Waals surface area contributed by atoms with E-state index in [9.17, 15) is 4.39 Å². The van der Waals surface area contributed by atoms with Crippen LogP contribution < -0.4 is 11.1 Å². The van der Waals surface area contributed by atoms with Crippen molar-refractivity contribution in [3.63, 3.8) is 0 Å². The van der Waals surface area contributed by atoms with E-state index in [0.29, 0.717) is 11.7 Å². The van der Waals surface area contributed by atoms with Gasteiger partial charge in [0.05, 0.1) is 11.8 Å². The first-order chi connectivity index (χ1) is 11.2. The largest absolute Gasteiger partial charge is 0.368 e. The SMILES string of the molecule is C=C(/N=C(N)\N=C(/C)C(C)(C)F)NC1c2ccccc2CCC1C. The average Bonchev–Trinajstić information content (AvgIpc) is 2.49. The Morgan fingerprint density at radius 2 is 2.00 bits per heavy atom. The zero-order valence-corrected chi connectivity index (χ0v) is 14.9. The molecule has 0 heterocycles. The maximum atomic E-state index is 13.8. The molecule has 1 aliphatic rings. The van der Waals surface area contributed by atoms with Crippen LogP contribution in [0.25, 0.3) is 0 Å². The van der Waals surface area contributed by atoms with Crippen molar-refractivity contribution < 1.29 is 4.39 Å². The quantitative estimate of drug-likeness (QED) is 0.650. The topological polar surface area (TPSA) is 62.8 Å². The van der Waals surface area contributed by atoms with Crippen LogP contribution in [0.15, 0.2) is 46.7 Å². The molecule has 0 saturated heterocycles. The van der Waals surface area contributed by atoms with Crippen LogP contribution in [-0.4, -0.2) is 17.3 Å². The van der Waals surface area contributed by atoms with Crippen LogP contribution in [-0.2, 0) is 6.42 Å². The van der Waals surface area contributed by atoms with Gasteiger partial charge in [-0.3, -0.25) is 0 Å². The van der Waals surface area contributed by atoms with Crippen LogP contribution in [0, 0.1) is 5.92 Å². The zero-order valence-electron chi connectivity index (χ0n) is 14.9. The highest BCUT2D eigenvalue weighted by molar-refractivity contribution is 5.99. The van der Waals surface area contributed by atoms with Crippen LogP contribution >= 0.6 is 0 Å². The lowest BCUT2D eigenvalue weighted by atomic mass is 9.81. The number of hydrogen-bond acceptors (Lipinski definition) is 2. The molecule has 1 aliphatic carbocycles. The number of nitrogens with zero attached hydrogens (tertiary/aromatic N) is 2. The third-order valence-electron chi connectivity index (χ3n) is 4.54. The molecular weight excluding hydrogens is 303 g/mol. The Bertz CT molecular complexity index is 670. The van der Waals surface area contributed by atoms with Gasteiger partial charge in [0.15, 0.2) is 0 Å². The summed E-state index contributed by atoms with van der Waals surface area (Å²) in [4.78, 5) is 8.18. The van der Waals surface area contributed by atoms with Crippen molar-refractivity contribution in [3.05, 3.63) is 47.8 Å². The zero-order chi connectivity index (χ0) is 17.9. The molecule has 0 spiro atoms. The fourth-order valence-corrected chi connectivity index (χ4v) is 2.82. The lowest BCUT2D eigenvalue weighted by molar-refractivity contribution is 0.312. The minimum Gasteiger partial charge on any atom is -0.368 e. The molecule has 1 aromatic carbocycles. The number of aryl methyl sites for hydroxylation is 1. The molecule has 0 saturated carbocycles. The standard InChI is InChI=1S/C19H27FN4/c1-12-10-11-15-8-6-7-9-16(15)17(12)23-14(3)24-18(21)22-13(2)19(4,5)20/h6-9,12,17,23H,3,10-11H2,1-2,4-5H3,(H2,21,24)/b22-13+. The summed E-state index contributed by atoms with van der Waals surface area (Å²) in [6.07, 6.45) is 2.19. The summed E-state index contributed by atoms with van der Waals surface area (Å²) in [5.41, 5.74) is 7.19. The lowest BCUT2D eigenvalue weighted by Crippen LogP contribution is -2.31. The summed E-state index contributed by atoms with van der Waals surface area (Å²) in [6.45, 7) is 10.6. The number of benzene rings is 1. The van der Waals surface area contributed by atoms with E-state index in [1.165, 1.54) is 25.0 Å². The van der Waals surface area contributed by atoms with Gasteiger partial charge in [0.25, 0.3) is 0 Å². The fourth-order valence-electron chi connectivity index (χ4n) is 2.82. The predicted molar refractivity (Wildman–Crippen MR) is 98.9 cm³/mol. The number of guanidine groups is 1. The van der Waals surface area contributed by atoms with Crippen LogP contribution in [0.4, 0.5) is 4.39 Å². The maximum absolute atomic E-state index is 13.8. The van der Waals surface area contributed by atoms with Crippen molar-refractivity contribution in [2.24, 2.45) is 21.6 Å². The molecule has 3 N–H and O–H groups in total. The van der Waals surface area contributed by atoms with Gasteiger partial charge in [-0.15, -0.1) is 0 Å². The second-order valence-corrected chi connectivity index (χ2v) is 6.92. The van der Waals surface area contributed by atoms with E-state index in [1.807, 2.05) is 6.07 Å². The Hall–Kier alpha value is -2.17. The Morgan fingerprint density at radius 3 is 2.67 bits per heavy atom. The minimum atomic E-state index is -1.52. The third kappa shape index (κ3) is 4.43. The van der Waals surface area contributed by atoms with E-state index in [0.717, 1.165) is 12.8 Å². The molecule has 1 aromatic rings. The molecule has 0 aromatic heterocycles. The predicted octanol–water partition coefficient (Wildman–Crippen LogP) is 3.89. The molecule has 24 heavy (non-hydrogen) atoms. The molecule has 0 radical (unpaired) electrons. The van der Waals surface area contributed by atoms with Crippen molar-refractivity contribution in [3.8, 4) is 0 Å². The Kier molecular flexibility index (Phi) is 5.42. The third-order valence-corrected chi connectivity index (χ3v) is 4.54. The van der Waals surface area contributed by atoms with Gasteiger partial charge in [0.2, 0.25) is 5.96 Å².